The molecule has 0 aliphatic heterocycles. The van der Waals surface area contributed by atoms with Crippen molar-refractivity contribution in [3.8, 4) is 5.75 Å². The van der Waals surface area contributed by atoms with Gasteiger partial charge in [0.25, 0.3) is 0 Å². The van der Waals surface area contributed by atoms with Crippen molar-refractivity contribution in [3.05, 3.63) is 59.9 Å². The van der Waals surface area contributed by atoms with Gasteiger partial charge in [0, 0.05) is 31.4 Å². The molecule has 20 heavy (non-hydrogen) atoms. The lowest BCUT2D eigenvalue weighted by Crippen LogP contribution is -2.15. The molecule has 0 spiro atoms. The fourth-order valence-electron chi connectivity index (χ4n) is 2.09. The molecule has 1 N–H and O–H groups in total. The molecule has 0 radical (unpaired) electrons. The fourth-order valence-corrected chi connectivity index (χ4v) is 2.09. The molecule has 0 unspecified atom stereocenters. The molecule has 0 saturated heterocycles. The summed E-state index contributed by atoms with van der Waals surface area (Å²) in [7, 11) is 0. The van der Waals surface area contributed by atoms with Crippen LogP contribution in [-0.4, -0.2) is 17.6 Å². The van der Waals surface area contributed by atoms with E-state index in [1.807, 2.05) is 24.5 Å². The summed E-state index contributed by atoms with van der Waals surface area (Å²) < 4.78 is 5.76. The highest BCUT2D eigenvalue weighted by atomic mass is 16.5. The van der Waals surface area contributed by atoms with Crippen LogP contribution < -0.4 is 10.1 Å². The average Bonchev–Trinajstić information content (AvgIpc) is 3.32. The van der Waals surface area contributed by atoms with E-state index in [9.17, 15) is 0 Å². The van der Waals surface area contributed by atoms with Crippen LogP contribution in [0.3, 0.4) is 0 Å². The van der Waals surface area contributed by atoms with Crippen molar-refractivity contribution in [1.82, 2.24) is 10.3 Å². The Morgan fingerprint density at radius 2 is 1.75 bits per heavy atom. The van der Waals surface area contributed by atoms with E-state index < -0.39 is 0 Å². The van der Waals surface area contributed by atoms with Crippen LogP contribution >= 0.6 is 0 Å². The Labute approximate surface area is 120 Å². The molecule has 1 fully saturated rings. The summed E-state index contributed by atoms with van der Waals surface area (Å²) in [6, 6.07) is 13.2. The van der Waals surface area contributed by atoms with Gasteiger partial charge in [0.15, 0.2) is 0 Å². The van der Waals surface area contributed by atoms with E-state index in [1.165, 1.54) is 24.0 Å². The molecule has 0 atom stereocenters. The highest BCUT2D eigenvalue weighted by Gasteiger charge is 2.19. The molecule has 0 bridgehead atoms. The summed E-state index contributed by atoms with van der Waals surface area (Å²) >= 11 is 0. The predicted octanol–water partition coefficient (Wildman–Crippen LogP) is 2.96. The Kier molecular flexibility index (Phi) is 4.28. The first-order valence-electron chi connectivity index (χ1n) is 7.24. The maximum atomic E-state index is 5.76. The Bertz CT molecular complexity index is 520. The van der Waals surface area contributed by atoms with Crippen molar-refractivity contribution >= 4 is 0 Å². The number of hydrogen-bond donors (Lipinski definition) is 1. The number of nitrogens with one attached hydrogen (secondary N) is 1. The van der Waals surface area contributed by atoms with Gasteiger partial charge in [0.2, 0.25) is 0 Å². The van der Waals surface area contributed by atoms with Gasteiger partial charge in [-0.2, -0.15) is 0 Å². The number of pyridine rings is 1. The third-order valence-electron chi connectivity index (χ3n) is 3.50. The van der Waals surface area contributed by atoms with Crippen molar-refractivity contribution in [1.29, 1.82) is 0 Å². The zero-order chi connectivity index (χ0) is 13.6. The van der Waals surface area contributed by atoms with Crippen LogP contribution in [-0.2, 0) is 13.0 Å². The number of benzene rings is 1. The normalized spacial score (nSPS) is 14.2. The Morgan fingerprint density at radius 3 is 2.45 bits per heavy atom. The second-order valence-corrected chi connectivity index (χ2v) is 5.25. The van der Waals surface area contributed by atoms with E-state index in [-0.39, 0.29) is 0 Å². The summed E-state index contributed by atoms with van der Waals surface area (Å²) in [5.41, 5.74) is 2.57. The zero-order valence-electron chi connectivity index (χ0n) is 11.6. The molecule has 3 nitrogen and oxygen atoms in total. The molecule has 1 heterocycles. The average molecular weight is 268 g/mol. The molecule has 1 aliphatic carbocycles. The Morgan fingerprint density at radius 1 is 1.00 bits per heavy atom. The van der Waals surface area contributed by atoms with Crippen LogP contribution in [0.5, 0.6) is 5.75 Å². The fraction of sp³-hybridized carbons (Fsp3) is 0.353. The van der Waals surface area contributed by atoms with Gasteiger partial charge in [-0.3, -0.25) is 4.98 Å². The second kappa shape index (κ2) is 6.53. The minimum atomic E-state index is 0.698. The smallest absolute Gasteiger partial charge is 0.119 e. The van der Waals surface area contributed by atoms with Crippen LogP contribution in [0.2, 0.25) is 0 Å². The van der Waals surface area contributed by atoms with Crippen molar-refractivity contribution < 1.29 is 4.74 Å². The van der Waals surface area contributed by atoms with Gasteiger partial charge in [-0.1, -0.05) is 12.1 Å². The van der Waals surface area contributed by atoms with Gasteiger partial charge >= 0.3 is 0 Å². The van der Waals surface area contributed by atoms with Crippen LogP contribution in [0.15, 0.2) is 48.8 Å². The maximum absolute atomic E-state index is 5.76. The quantitative estimate of drug-likeness (QED) is 0.838. The monoisotopic (exact) mass is 268 g/mol. The van der Waals surface area contributed by atoms with Crippen LogP contribution in [0.4, 0.5) is 0 Å². The lowest BCUT2D eigenvalue weighted by Gasteiger charge is -2.08. The van der Waals surface area contributed by atoms with Crippen molar-refractivity contribution in [3.63, 3.8) is 0 Å². The number of aromatic nitrogens is 1. The number of nitrogens with zero attached hydrogens (tertiary/aromatic N) is 1. The highest BCUT2D eigenvalue weighted by Crippen LogP contribution is 2.20. The molecule has 1 saturated carbocycles. The molecule has 2 aromatic rings. The van der Waals surface area contributed by atoms with Crippen molar-refractivity contribution in [2.45, 2.75) is 31.8 Å². The van der Waals surface area contributed by atoms with Crippen LogP contribution in [0.1, 0.15) is 24.0 Å². The van der Waals surface area contributed by atoms with E-state index in [0.29, 0.717) is 6.61 Å². The Balaban J connectivity index is 1.43. The molecular formula is C17H20N2O. The molecule has 0 amide bonds. The third kappa shape index (κ3) is 4.07. The largest absolute Gasteiger partial charge is 0.493 e. The van der Waals surface area contributed by atoms with E-state index >= 15 is 0 Å². The standard InChI is InChI=1S/C17H20N2O/c1-5-17(6-2-15(1)13-19-16-3-4-16)20-12-9-14-7-10-18-11-8-14/h1-2,5-8,10-11,16,19H,3-4,9,12-13H2. The lowest BCUT2D eigenvalue weighted by atomic mass is 10.2. The van der Waals surface area contributed by atoms with Gasteiger partial charge < -0.3 is 10.1 Å². The predicted molar refractivity (Wildman–Crippen MR) is 79.7 cm³/mol. The minimum absolute atomic E-state index is 0.698. The first-order valence-corrected chi connectivity index (χ1v) is 7.24. The molecule has 104 valence electrons. The van der Waals surface area contributed by atoms with E-state index in [2.05, 4.69) is 34.6 Å². The first-order chi connectivity index (χ1) is 9.90. The molecule has 3 rings (SSSR count). The highest BCUT2D eigenvalue weighted by molar-refractivity contribution is 5.27. The SMILES string of the molecule is c1cc(CCOc2ccc(CNC3CC3)cc2)ccn1. The van der Waals surface area contributed by atoms with E-state index in [0.717, 1.165) is 24.8 Å². The molecule has 1 aromatic heterocycles. The second-order valence-electron chi connectivity index (χ2n) is 5.25. The van der Waals surface area contributed by atoms with Crippen molar-refractivity contribution in [2.24, 2.45) is 0 Å². The molecule has 1 aliphatic rings. The minimum Gasteiger partial charge on any atom is -0.493 e. The number of rotatable bonds is 7. The topological polar surface area (TPSA) is 34.1 Å². The first kappa shape index (κ1) is 13.1. The third-order valence-corrected chi connectivity index (χ3v) is 3.50. The summed E-state index contributed by atoms with van der Waals surface area (Å²) in [4.78, 5) is 4.01. The summed E-state index contributed by atoms with van der Waals surface area (Å²) in [6.45, 7) is 1.66. The van der Waals surface area contributed by atoms with Gasteiger partial charge in [-0.15, -0.1) is 0 Å². The number of ether oxygens (including phenoxy) is 1. The maximum Gasteiger partial charge on any atom is 0.119 e. The van der Waals surface area contributed by atoms with Gasteiger partial charge in [0.05, 0.1) is 6.61 Å². The lowest BCUT2D eigenvalue weighted by molar-refractivity contribution is 0.322. The number of hydrogen-bond acceptors (Lipinski definition) is 3. The Hall–Kier alpha value is -1.87. The zero-order valence-corrected chi connectivity index (χ0v) is 11.6. The van der Waals surface area contributed by atoms with Crippen LogP contribution in [0, 0.1) is 0 Å². The summed E-state index contributed by atoms with van der Waals surface area (Å²) in [5.74, 6) is 0.939. The summed E-state index contributed by atoms with van der Waals surface area (Å²) in [6.07, 6.45) is 7.20. The van der Waals surface area contributed by atoms with Crippen molar-refractivity contribution in [2.75, 3.05) is 6.61 Å². The van der Waals surface area contributed by atoms with Gasteiger partial charge in [-0.05, 0) is 48.2 Å². The van der Waals surface area contributed by atoms with E-state index in [4.69, 9.17) is 4.74 Å². The van der Waals surface area contributed by atoms with Crippen LogP contribution in [0.25, 0.3) is 0 Å². The van der Waals surface area contributed by atoms with Gasteiger partial charge in [-0.25, -0.2) is 0 Å². The van der Waals surface area contributed by atoms with E-state index in [1.54, 1.807) is 0 Å². The molecular weight excluding hydrogens is 248 g/mol. The molecule has 3 heteroatoms. The summed E-state index contributed by atoms with van der Waals surface area (Å²) in [5, 5.41) is 3.51. The molecule has 1 aromatic carbocycles. The van der Waals surface area contributed by atoms with Gasteiger partial charge in [0.1, 0.15) is 5.75 Å².